The standard InChI is InChI=1S/C19H19NO4/c21-18(20-12-13-5-7-15(8-6-13)19(22)23)11-17-16-4-2-1-3-14(16)9-10-24-17/h1-8,17H,9-12H2,(H,20,21)(H,22,23)/t17-/m0/s1. The second kappa shape index (κ2) is 7.27. The first kappa shape index (κ1) is 16.2. The summed E-state index contributed by atoms with van der Waals surface area (Å²) in [5.41, 5.74) is 3.42. The van der Waals surface area contributed by atoms with Crippen molar-refractivity contribution in [1.82, 2.24) is 5.32 Å². The van der Waals surface area contributed by atoms with Crippen molar-refractivity contribution in [3.63, 3.8) is 0 Å². The van der Waals surface area contributed by atoms with E-state index in [2.05, 4.69) is 11.4 Å². The highest BCUT2D eigenvalue weighted by atomic mass is 16.5. The Hall–Kier alpha value is -2.66. The van der Waals surface area contributed by atoms with Gasteiger partial charge in [0.1, 0.15) is 0 Å². The monoisotopic (exact) mass is 325 g/mol. The van der Waals surface area contributed by atoms with Crippen molar-refractivity contribution in [2.24, 2.45) is 0 Å². The van der Waals surface area contributed by atoms with Gasteiger partial charge in [0, 0.05) is 6.54 Å². The molecule has 0 saturated carbocycles. The number of ether oxygens (including phenoxy) is 1. The van der Waals surface area contributed by atoms with E-state index in [1.165, 1.54) is 17.7 Å². The molecular weight excluding hydrogens is 306 g/mol. The number of hydrogen-bond acceptors (Lipinski definition) is 3. The molecule has 1 aliphatic rings. The number of hydrogen-bond donors (Lipinski definition) is 2. The van der Waals surface area contributed by atoms with Gasteiger partial charge in [0.15, 0.2) is 0 Å². The van der Waals surface area contributed by atoms with Crippen LogP contribution < -0.4 is 5.32 Å². The van der Waals surface area contributed by atoms with Crippen molar-refractivity contribution < 1.29 is 19.4 Å². The molecule has 0 spiro atoms. The Kier molecular flexibility index (Phi) is 4.91. The van der Waals surface area contributed by atoms with Crippen LogP contribution in [0.3, 0.4) is 0 Å². The molecule has 2 N–H and O–H groups in total. The third kappa shape index (κ3) is 3.81. The second-order valence-electron chi connectivity index (χ2n) is 5.79. The Morgan fingerprint density at radius 3 is 2.62 bits per heavy atom. The highest BCUT2D eigenvalue weighted by Gasteiger charge is 2.22. The van der Waals surface area contributed by atoms with E-state index < -0.39 is 5.97 Å². The van der Waals surface area contributed by atoms with E-state index in [1.54, 1.807) is 12.1 Å². The van der Waals surface area contributed by atoms with Gasteiger partial charge in [0.05, 0.1) is 24.7 Å². The summed E-state index contributed by atoms with van der Waals surface area (Å²) in [6.07, 6.45) is 0.957. The Labute approximate surface area is 140 Å². The predicted molar refractivity (Wildman–Crippen MR) is 88.7 cm³/mol. The Balaban J connectivity index is 1.56. The summed E-state index contributed by atoms with van der Waals surface area (Å²) in [5, 5.41) is 11.7. The second-order valence-corrected chi connectivity index (χ2v) is 5.79. The molecule has 0 unspecified atom stereocenters. The van der Waals surface area contributed by atoms with E-state index >= 15 is 0 Å². The number of rotatable bonds is 5. The Morgan fingerprint density at radius 1 is 1.12 bits per heavy atom. The van der Waals surface area contributed by atoms with Crippen LogP contribution in [0.15, 0.2) is 48.5 Å². The first-order valence-electron chi connectivity index (χ1n) is 7.92. The number of fused-ring (bicyclic) bond motifs is 1. The summed E-state index contributed by atoms with van der Waals surface area (Å²) in [6, 6.07) is 14.5. The van der Waals surface area contributed by atoms with Gasteiger partial charge in [-0.05, 0) is 35.2 Å². The number of carboxylic acid groups (broad SMARTS) is 1. The molecule has 2 aromatic rings. The molecule has 0 radical (unpaired) electrons. The first-order chi connectivity index (χ1) is 11.6. The third-order valence-corrected chi connectivity index (χ3v) is 4.15. The highest BCUT2D eigenvalue weighted by Crippen LogP contribution is 2.29. The minimum Gasteiger partial charge on any atom is -0.478 e. The maximum absolute atomic E-state index is 12.2. The molecule has 2 aromatic carbocycles. The van der Waals surface area contributed by atoms with Gasteiger partial charge in [0.25, 0.3) is 0 Å². The maximum atomic E-state index is 12.2. The number of nitrogens with one attached hydrogen (secondary N) is 1. The molecule has 24 heavy (non-hydrogen) atoms. The van der Waals surface area contributed by atoms with E-state index in [9.17, 15) is 9.59 Å². The molecule has 1 aliphatic heterocycles. The fourth-order valence-electron chi connectivity index (χ4n) is 2.85. The average Bonchev–Trinajstić information content (AvgIpc) is 2.61. The van der Waals surface area contributed by atoms with Crippen LogP contribution in [0.5, 0.6) is 0 Å². The summed E-state index contributed by atoms with van der Waals surface area (Å²) in [4.78, 5) is 23.0. The molecule has 1 amide bonds. The molecule has 5 nitrogen and oxygen atoms in total. The van der Waals surface area contributed by atoms with Crippen LogP contribution >= 0.6 is 0 Å². The molecule has 0 fully saturated rings. The van der Waals surface area contributed by atoms with E-state index in [0.717, 1.165) is 17.5 Å². The van der Waals surface area contributed by atoms with Crippen LogP contribution in [0.4, 0.5) is 0 Å². The minimum atomic E-state index is -0.960. The lowest BCUT2D eigenvalue weighted by molar-refractivity contribution is -0.124. The largest absolute Gasteiger partial charge is 0.478 e. The zero-order valence-corrected chi connectivity index (χ0v) is 13.2. The topological polar surface area (TPSA) is 75.6 Å². The van der Waals surface area contributed by atoms with Crippen molar-refractivity contribution >= 4 is 11.9 Å². The molecule has 3 rings (SSSR count). The van der Waals surface area contributed by atoms with Gasteiger partial charge < -0.3 is 15.2 Å². The molecule has 1 heterocycles. The number of carboxylic acids is 1. The number of carbonyl (C=O) groups excluding carboxylic acids is 1. The van der Waals surface area contributed by atoms with Crippen molar-refractivity contribution in [1.29, 1.82) is 0 Å². The quantitative estimate of drug-likeness (QED) is 0.886. The number of aromatic carboxylic acids is 1. The lowest BCUT2D eigenvalue weighted by atomic mass is 9.95. The van der Waals surface area contributed by atoms with Gasteiger partial charge in [-0.1, -0.05) is 36.4 Å². The highest BCUT2D eigenvalue weighted by molar-refractivity contribution is 5.87. The SMILES string of the molecule is O=C(C[C@@H]1OCCc2ccccc21)NCc1ccc(C(=O)O)cc1. The zero-order chi connectivity index (χ0) is 16.9. The van der Waals surface area contributed by atoms with Gasteiger partial charge in [-0.2, -0.15) is 0 Å². The predicted octanol–water partition coefficient (Wildman–Crippen LogP) is 2.71. The maximum Gasteiger partial charge on any atom is 0.335 e. The van der Waals surface area contributed by atoms with Crippen molar-refractivity contribution in [3.05, 3.63) is 70.8 Å². The molecule has 0 bridgehead atoms. The van der Waals surface area contributed by atoms with Gasteiger partial charge in [-0.15, -0.1) is 0 Å². The molecule has 0 aliphatic carbocycles. The van der Waals surface area contributed by atoms with Crippen LogP contribution in [0.2, 0.25) is 0 Å². The molecule has 0 saturated heterocycles. The molecular formula is C19H19NO4. The summed E-state index contributed by atoms with van der Waals surface area (Å²) in [5.74, 6) is -1.04. The third-order valence-electron chi connectivity index (χ3n) is 4.15. The molecule has 0 aromatic heterocycles. The fourth-order valence-corrected chi connectivity index (χ4v) is 2.85. The molecule has 124 valence electrons. The lowest BCUT2D eigenvalue weighted by Gasteiger charge is -2.25. The van der Waals surface area contributed by atoms with Crippen molar-refractivity contribution in [3.8, 4) is 0 Å². The lowest BCUT2D eigenvalue weighted by Crippen LogP contribution is -2.27. The van der Waals surface area contributed by atoms with Gasteiger partial charge in [0.2, 0.25) is 5.91 Å². The van der Waals surface area contributed by atoms with Crippen LogP contribution in [0.25, 0.3) is 0 Å². The first-order valence-corrected chi connectivity index (χ1v) is 7.92. The van der Waals surface area contributed by atoms with Gasteiger partial charge in [-0.3, -0.25) is 4.79 Å². The summed E-state index contributed by atoms with van der Waals surface area (Å²) in [7, 11) is 0. The summed E-state index contributed by atoms with van der Waals surface area (Å²) in [6.45, 7) is 0.999. The average molecular weight is 325 g/mol. The van der Waals surface area contributed by atoms with Crippen LogP contribution in [0, 0.1) is 0 Å². The summed E-state index contributed by atoms with van der Waals surface area (Å²) < 4.78 is 5.74. The van der Waals surface area contributed by atoms with E-state index in [1.807, 2.05) is 18.2 Å². The van der Waals surface area contributed by atoms with Crippen LogP contribution in [-0.2, 0) is 22.5 Å². The normalized spacial score (nSPS) is 16.2. The number of carbonyl (C=O) groups is 2. The Morgan fingerprint density at radius 2 is 1.88 bits per heavy atom. The molecule has 5 heteroatoms. The van der Waals surface area contributed by atoms with Gasteiger partial charge >= 0.3 is 5.97 Å². The Bertz CT molecular complexity index is 739. The minimum absolute atomic E-state index is 0.0842. The molecule has 1 atom stereocenters. The van der Waals surface area contributed by atoms with E-state index in [0.29, 0.717) is 13.2 Å². The van der Waals surface area contributed by atoms with Crippen LogP contribution in [0.1, 0.15) is 39.6 Å². The zero-order valence-electron chi connectivity index (χ0n) is 13.2. The van der Waals surface area contributed by atoms with Crippen molar-refractivity contribution in [2.75, 3.05) is 6.61 Å². The van der Waals surface area contributed by atoms with E-state index in [4.69, 9.17) is 9.84 Å². The van der Waals surface area contributed by atoms with Crippen molar-refractivity contribution in [2.45, 2.75) is 25.5 Å². The van der Waals surface area contributed by atoms with Crippen LogP contribution in [-0.4, -0.2) is 23.6 Å². The fraction of sp³-hybridized carbons (Fsp3) is 0.263. The van der Waals surface area contributed by atoms with Gasteiger partial charge in [-0.25, -0.2) is 4.79 Å². The van der Waals surface area contributed by atoms with E-state index in [-0.39, 0.29) is 24.0 Å². The number of amides is 1. The number of benzene rings is 2. The smallest absolute Gasteiger partial charge is 0.335 e. The summed E-state index contributed by atoms with van der Waals surface area (Å²) >= 11 is 0.